The molecule has 0 bridgehead atoms. The van der Waals surface area contributed by atoms with Crippen LogP contribution in [0.3, 0.4) is 0 Å². The first-order chi connectivity index (χ1) is 9.56. The zero-order valence-corrected chi connectivity index (χ0v) is 12.4. The van der Waals surface area contributed by atoms with Crippen LogP contribution in [0.25, 0.3) is 0 Å². The Morgan fingerprint density at radius 2 is 1.75 bits per heavy atom. The lowest BCUT2D eigenvalue weighted by Gasteiger charge is -2.20. The Kier molecular flexibility index (Phi) is 4.51. The van der Waals surface area contributed by atoms with Crippen LogP contribution in [0, 0.1) is 13.8 Å². The van der Waals surface area contributed by atoms with Crippen LogP contribution in [0.15, 0.2) is 42.5 Å². The van der Waals surface area contributed by atoms with Gasteiger partial charge in [-0.25, -0.2) is 0 Å². The fraction of sp³-hybridized carbons (Fsp3) is 0.294. The third kappa shape index (κ3) is 3.67. The second-order valence-corrected chi connectivity index (χ2v) is 5.13. The SMILES string of the molecule is Cc1ccc(C)c(OCCN(C)c2ccc(N)cc2)c1. The molecule has 106 valence electrons. The van der Waals surface area contributed by atoms with E-state index in [0.29, 0.717) is 6.61 Å². The largest absolute Gasteiger partial charge is 0.491 e. The monoisotopic (exact) mass is 270 g/mol. The first-order valence-electron chi connectivity index (χ1n) is 6.83. The zero-order valence-electron chi connectivity index (χ0n) is 12.4. The van der Waals surface area contributed by atoms with E-state index in [0.717, 1.165) is 23.7 Å². The van der Waals surface area contributed by atoms with Gasteiger partial charge in [0.1, 0.15) is 12.4 Å². The van der Waals surface area contributed by atoms with E-state index in [1.807, 2.05) is 24.3 Å². The minimum absolute atomic E-state index is 0.658. The van der Waals surface area contributed by atoms with E-state index >= 15 is 0 Å². The lowest BCUT2D eigenvalue weighted by Crippen LogP contribution is -2.23. The predicted molar refractivity (Wildman–Crippen MR) is 85.5 cm³/mol. The van der Waals surface area contributed by atoms with E-state index in [9.17, 15) is 0 Å². The number of nitrogens with zero attached hydrogens (tertiary/aromatic N) is 1. The second kappa shape index (κ2) is 6.33. The topological polar surface area (TPSA) is 38.5 Å². The zero-order chi connectivity index (χ0) is 14.5. The van der Waals surface area contributed by atoms with Gasteiger partial charge in [0.2, 0.25) is 0 Å². The normalized spacial score (nSPS) is 10.3. The Hall–Kier alpha value is -2.16. The highest BCUT2D eigenvalue weighted by Crippen LogP contribution is 2.19. The van der Waals surface area contributed by atoms with E-state index in [-0.39, 0.29) is 0 Å². The van der Waals surface area contributed by atoms with Gasteiger partial charge >= 0.3 is 0 Å². The molecule has 0 aromatic heterocycles. The minimum Gasteiger partial charge on any atom is -0.491 e. The van der Waals surface area contributed by atoms with Gasteiger partial charge in [-0.2, -0.15) is 0 Å². The molecule has 2 aromatic carbocycles. The van der Waals surface area contributed by atoms with Gasteiger partial charge < -0.3 is 15.4 Å². The minimum atomic E-state index is 0.658. The van der Waals surface area contributed by atoms with Crippen molar-refractivity contribution in [1.29, 1.82) is 0 Å². The molecule has 20 heavy (non-hydrogen) atoms. The van der Waals surface area contributed by atoms with Crippen molar-refractivity contribution in [2.75, 3.05) is 30.8 Å². The highest BCUT2D eigenvalue weighted by molar-refractivity contribution is 5.52. The molecule has 0 aliphatic rings. The van der Waals surface area contributed by atoms with Crippen LogP contribution in [0.2, 0.25) is 0 Å². The first-order valence-corrected chi connectivity index (χ1v) is 6.83. The highest BCUT2D eigenvalue weighted by atomic mass is 16.5. The molecular weight excluding hydrogens is 248 g/mol. The van der Waals surface area contributed by atoms with Gasteiger partial charge in [0.15, 0.2) is 0 Å². The number of hydrogen-bond donors (Lipinski definition) is 1. The Bertz CT molecular complexity index is 564. The maximum absolute atomic E-state index is 5.87. The van der Waals surface area contributed by atoms with E-state index in [4.69, 9.17) is 10.5 Å². The van der Waals surface area contributed by atoms with Gasteiger partial charge in [-0.15, -0.1) is 0 Å². The molecule has 0 atom stereocenters. The number of ether oxygens (including phenoxy) is 1. The number of nitrogen functional groups attached to an aromatic ring is 1. The predicted octanol–water partition coefficient (Wildman–Crippen LogP) is 3.40. The summed E-state index contributed by atoms with van der Waals surface area (Å²) < 4.78 is 5.87. The van der Waals surface area contributed by atoms with E-state index < -0.39 is 0 Å². The van der Waals surface area contributed by atoms with Crippen molar-refractivity contribution >= 4 is 11.4 Å². The van der Waals surface area contributed by atoms with E-state index in [1.54, 1.807) is 0 Å². The van der Waals surface area contributed by atoms with Crippen molar-refractivity contribution in [2.24, 2.45) is 0 Å². The Labute approximate surface area is 121 Å². The second-order valence-electron chi connectivity index (χ2n) is 5.13. The summed E-state index contributed by atoms with van der Waals surface area (Å²) in [6.07, 6.45) is 0. The summed E-state index contributed by atoms with van der Waals surface area (Å²) in [6, 6.07) is 14.1. The van der Waals surface area contributed by atoms with Crippen molar-refractivity contribution in [3.05, 3.63) is 53.6 Å². The average Bonchev–Trinajstić information content (AvgIpc) is 2.43. The van der Waals surface area contributed by atoms with Crippen LogP contribution in [0.1, 0.15) is 11.1 Å². The summed E-state index contributed by atoms with van der Waals surface area (Å²) >= 11 is 0. The van der Waals surface area contributed by atoms with Crippen LogP contribution in [-0.2, 0) is 0 Å². The number of benzene rings is 2. The van der Waals surface area contributed by atoms with Crippen molar-refractivity contribution in [3.63, 3.8) is 0 Å². The molecule has 0 unspecified atom stereocenters. The fourth-order valence-corrected chi connectivity index (χ4v) is 2.01. The van der Waals surface area contributed by atoms with Crippen molar-refractivity contribution in [1.82, 2.24) is 0 Å². The number of likely N-dealkylation sites (N-methyl/N-ethyl adjacent to an activating group) is 1. The summed E-state index contributed by atoms with van der Waals surface area (Å²) in [5, 5.41) is 0. The molecule has 3 nitrogen and oxygen atoms in total. The standard InChI is InChI=1S/C17H22N2O/c1-13-4-5-14(2)17(12-13)20-11-10-19(3)16-8-6-15(18)7-9-16/h4-9,12H,10-11,18H2,1-3H3. The van der Waals surface area contributed by atoms with Gasteiger partial charge in [0.25, 0.3) is 0 Å². The molecular formula is C17H22N2O. The molecule has 0 aliphatic heterocycles. The van der Waals surface area contributed by atoms with Crippen molar-refractivity contribution in [2.45, 2.75) is 13.8 Å². The Balaban J connectivity index is 1.89. The maximum Gasteiger partial charge on any atom is 0.122 e. The molecule has 0 heterocycles. The molecule has 2 rings (SSSR count). The van der Waals surface area contributed by atoms with Crippen LogP contribution in [-0.4, -0.2) is 20.2 Å². The molecule has 0 fully saturated rings. The quantitative estimate of drug-likeness (QED) is 0.846. The fourth-order valence-electron chi connectivity index (χ4n) is 2.01. The Morgan fingerprint density at radius 1 is 1.05 bits per heavy atom. The first kappa shape index (κ1) is 14.3. The molecule has 2 N–H and O–H groups in total. The van der Waals surface area contributed by atoms with Gasteiger partial charge in [-0.3, -0.25) is 0 Å². The highest BCUT2D eigenvalue weighted by Gasteiger charge is 2.03. The average molecular weight is 270 g/mol. The van der Waals surface area contributed by atoms with Gasteiger partial charge in [0, 0.05) is 18.4 Å². The van der Waals surface area contributed by atoms with Crippen LogP contribution in [0.4, 0.5) is 11.4 Å². The van der Waals surface area contributed by atoms with Crippen LogP contribution >= 0.6 is 0 Å². The third-order valence-electron chi connectivity index (χ3n) is 3.36. The van der Waals surface area contributed by atoms with E-state index in [2.05, 4.69) is 44.0 Å². The summed E-state index contributed by atoms with van der Waals surface area (Å²) in [6.45, 7) is 5.63. The number of aryl methyl sites for hydroxylation is 2. The summed E-state index contributed by atoms with van der Waals surface area (Å²) in [5.74, 6) is 0.968. The summed E-state index contributed by atoms with van der Waals surface area (Å²) in [5.41, 5.74) is 10.0. The van der Waals surface area contributed by atoms with Gasteiger partial charge in [-0.1, -0.05) is 12.1 Å². The molecule has 0 saturated carbocycles. The molecule has 0 spiro atoms. The maximum atomic E-state index is 5.87. The summed E-state index contributed by atoms with van der Waals surface area (Å²) in [4.78, 5) is 2.16. The third-order valence-corrected chi connectivity index (χ3v) is 3.36. The van der Waals surface area contributed by atoms with Crippen LogP contribution in [0.5, 0.6) is 5.75 Å². The number of nitrogens with two attached hydrogens (primary N) is 1. The summed E-state index contributed by atoms with van der Waals surface area (Å²) in [7, 11) is 2.05. The van der Waals surface area contributed by atoms with Crippen molar-refractivity contribution in [3.8, 4) is 5.75 Å². The number of anilines is 2. The van der Waals surface area contributed by atoms with Gasteiger partial charge in [0.05, 0.1) is 6.54 Å². The smallest absolute Gasteiger partial charge is 0.122 e. The Morgan fingerprint density at radius 3 is 2.45 bits per heavy atom. The van der Waals surface area contributed by atoms with Crippen LogP contribution < -0.4 is 15.4 Å². The molecule has 2 aromatic rings. The van der Waals surface area contributed by atoms with E-state index in [1.165, 1.54) is 11.1 Å². The molecule has 0 aliphatic carbocycles. The molecule has 0 amide bonds. The lowest BCUT2D eigenvalue weighted by molar-refractivity contribution is 0.323. The molecule has 0 saturated heterocycles. The molecule has 3 heteroatoms. The lowest BCUT2D eigenvalue weighted by atomic mass is 10.1. The number of hydrogen-bond acceptors (Lipinski definition) is 3. The van der Waals surface area contributed by atoms with Crippen molar-refractivity contribution < 1.29 is 4.74 Å². The number of rotatable bonds is 5. The molecule has 0 radical (unpaired) electrons. The van der Waals surface area contributed by atoms with Gasteiger partial charge in [-0.05, 0) is 55.3 Å².